The molecule has 0 aliphatic carbocycles. The van der Waals surface area contributed by atoms with E-state index in [9.17, 15) is 14.4 Å². The van der Waals surface area contributed by atoms with Gasteiger partial charge >= 0.3 is 17.8 Å². The third-order valence-electron chi connectivity index (χ3n) is 0.912. The van der Waals surface area contributed by atoms with Gasteiger partial charge in [-0.25, -0.2) is 4.79 Å². The Labute approximate surface area is 61.8 Å². The zero-order valence-corrected chi connectivity index (χ0v) is 5.70. The van der Waals surface area contributed by atoms with Crippen molar-refractivity contribution in [2.75, 3.05) is 0 Å². The van der Waals surface area contributed by atoms with Crippen molar-refractivity contribution in [2.24, 2.45) is 0 Å². The van der Waals surface area contributed by atoms with Crippen LogP contribution in [0.3, 0.4) is 0 Å². The van der Waals surface area contributed by atoms with Crippen molar-refractivity contribution in [2.45, 2.75) is 13.0 Å². The minimum absolute atomic E-state index is 1.17. The minimum Gasteiger partial charge on any atom is -0.480 e. The van der Waals surface area contributed by atoms with Gasteiger partial charge in [0.1, 0.15) is 6.04 Å². The van der Waals surface area contributed by atoms with Crippen LogP contribution in [0.1, 0.15) is 6.92 Å². The first-order valence-electron chi connectivity index (χ1n) is 2.71. The molecule has 0 unspecified atom stereocenters. The van der Waals surface area contributed by atoms with Gasteiger partial charge in [0.15, 0.2) is 0 Å². The van der Waals surface area contributed by atoms with E-state index in [1.165, 1.54) is 6.92 Å². The first kappa shape index (κ1) is 9.41. The second-order valence-corrected chi connectivity index (χ2v) is 1.84. The largest absolute Gasteiger partial charge is 0.480 e. The van der Waals surface area contributed by atoms with Crippen LogP contribution in [0, 0.1) is 0 Å². The van der Waals surface area contributed by atoms with E-state index in [0.717, 1.165) is 0 Å². The van der Waals surface area contributed by atoms with Crippen LogP contribution >= 0.6 is 0 Å². The van der Waals surface area contributed by atoms with Crippen LogP contribution in [0.5, 0.6) is 0 Å². The van der Waals surface area contributed by atoms with Gasteiger partial charge in [0.25, 0.3) is 0 Å². The SMILES string of the molecule is C[C@@H](NC(=O)C(=O)O)C(=O)O. The highest BCUT2D eigenvalue weighted by Gasteiger charge is 2.18. The lowest BCUT2D eigenvalue weighted by Gasteiger charge is -2.04. The Morgan fingerprint density at radius 1 is 1.27 bits per heavy atom. The standard InChI is InChI=1S/C5H7NO5/c1-2(4(8)9)6-3(7)5(10)11/h2H,1H3,(H,6,7)(H,8,9)(H,10,11)/t2-/m1/s1. The number of rotatable bonds is 2. The van der Waals surface area contributed by atoms with Crippen LogP contribution < -0.4 is 5.32 Å². The molecule has 0 aliphatic heterocycles. The Bertz CT molecular complexity index is 199. The third kappa shape index (κ3) is 3.19. The van der Waals surface area contributed by atoms with Crippen LogP contribution in [-0.4, -0.2) is 34.1 Å². The number of carboxylic acid groups (broad SMARTS) is 2. The summed E-state index contributed by atoms with van der Waals surface area (Å²) in [5, 5.41) is 18.0. The molecule has 0 fully saturated rings. The van der Waals surface area contributed by atoms with E-state index in [1.54, 1.807) is 5.32 Å². The summed E-state index contributed by atoms with van der Waals surface area (Å²) in [6.45, 7) is 1.17. The maximum atomic E-state index is 10.3. The van der Waals surface area contributed by atoms with Crippen LogP contribution in [-0.2, 0) is 14.4 Å². The number of hydrogen-bond donors (Lipinski definition) is 3. The fraction of sp³-hybridized carbons (Fsp3) is 0.400. The number of carbonyl (C=O) groups excluding carboxylic acids is 1. The van der Waals surface area contributed by atoms with E-state index in [-0.39, 0.29) is 0 Å². The van der Waals surface area contributed by atoms with Crippen LogP contribution in [0.4, 0.5) is 0 Å². The molecule has 1 amide bonds. The summed E-state index contributed by atoms with van der Waals surface area (Å²) in [4.78, 5) is 30.2. The number of aliphatic carboxylic acids is 2. The van der Waals surface area contributed by atoms with Gasteiger partial charge in [-0.2, -0.15) is 0 Å². The van der Waals surface area contributed by atoms with E-state index in [0.29, 0.717) is 0 Å². The Hall–Kier alpha value is -1.59. The quantitative estimate of drug-likeness (QED) is 0.435. The molecule has 0 aromatic rings. The van der Waals surface area contributed by atoms with E-state index in [1.807, 2.05) is 0 Å². The smallest absolute Gasteiger partial charge is 0.394 e. The summed E-state index contributed by atoms with van der Waals surface area (Å²) in [6.07, 6.45) is 0. The molecule has 62 valence electrons. The van der Waals surface area contributed by atoms with Gasteiger partial charge in [-0.05, 0) is 6.92 Å². The molecule has 0 saturated carbocycles. The summed E-state index contributed by atoms with van der Waals surface area (Å²) in [6, 6.07) is -1.18. The highest BCUT2D eigenvalue weighted by Crippen LogP contribution is 1.80. The first-order chi connectivity index (χ1) is 4.95. The van der Waals surface area contributed by atoms with Gasteiger partial charge in [0.2, 0.25) is 0 Å². The van der Waals surface area contributed by atoms with Crippen molar-refractivity contribution < 1.29 is 24.6 Å². The molecule has 0 heterocycles. The number of nitrogens with one attached hydrogen (secondary N) is 1. The minimum atomic E-state index is -1.70. The van der Waals surface area contributed by atoms with Gasteiger partial charge in [-0.1, -0.05) is 0 Å². The maximum absolute atomic E-state index is 10.3. The van der Waals surface area contributed by atoms with Crippen molar-refractivity contribution in [3.8, 4) is 0 Å². The lowest BCUT2D eigenvalue weighted by molar-refractivity contribution is -0.151. The zero-order valence-electron chi connectivity index (χ0n) is 5.70. The van der Waals surface area contributed by atoms with E-state index in [4.69, 9.17) is 10.2 Å². The van der Waals surface area contributed by atoms with Gasteiger partial charge in [-0.3, -0.25) is 9.59 Å². The number of carboxylic acids is 2. The summed E-state index contributed by atoms with van der Waals surface area (Å²) in [5.74, 6) is -4.29. The van der Waals surface area contributed by atoms with Crippen molar-refractivity contribution in [3.63, 3.8) is 0 Å². The lowest BCUT2D eigenvalue weighted by atomic mass is 10.3. The third-order valence-corrected chi connectivity index (χ3v) is 0.912. The summed E-state index contributed by atoms with van der Waals surface area (Å²) in [7, 11) is 0. The fourth-order valence-corrected chi connectivity index (χ4v) is 0.320. The van der Waals surface area contributed by atoms with E-state index >= 15 is 0 Å². The molecular formula is C5H7NO5. The number of amides is 1. The molecule has 0 saturated heterocycles. The molecule has 0 aliphatic rings. The fourth-order valence-electron chi connectivity index (χ4n) is 0.320. The molecule has 0 aromatic carbocycles. The van der Waals surface area contributed by atoms with Crippen LogP contribution in [0.25, 0.3) is 0 Å². The second-order valence-electron chi connectivity index (χ2n) is 1.84. The van der Waals surface area contributed by atoms with Gasteiger partial charge in [-0.15, -0.1) is 0 Å². The molecule has 0 rings (SSSR count). The van der Waals surface area contributed by atoms with Gasteiger partial charge in [0.05, 0.1) is 0 Å². The molecule has 11 heavy (non-hydrogen) atoms. The summed E-state index contributed by atoms with van der Waals surface area (Å²) < 4.78 is 0. The Morgan fingerprint density at radius 3 is 2.00 bits per heavy atom. The predicted molar refractivity (Wildman–Crippen MR) is 32.9 cm³/mol. The topological polar surface area (TPSA) is 104 Å². The second kappa shape index (κ2) is 3.55. The van der Waals surface area contributed by atoms with Crippen molar-refractivity contribution in [1.82, 2.24) is 5.32 Å². The normalized spacial score (nSPS) is 11.7. The average molecular weight is 161 g/mol. The molecule has 0 aromatic heterocycles. The molecule has 0 radical (unpaired) electrons. The summed E-state index contributed by atoms with van der Waals surface area (Å²) >= 11 is 0. The Morgan fingerprint density at radius 2 is 1.73 bits per heavy atom. The zero-order chi connectivity index (χ0) is 9.02. The van der Waals surface area contributed by atoms with E-state index < -0.39 is 23.9 Å². The molecular weight excluding hydrogens is 154 g/mol. The predicted octanol–water partition coefficient (Wildman–Crippen LogP) is -1.34. The molecule has 0 spiro atoms. The van der Waals surface area contributed by atoms with E-state index in [2.05, 4.69) is 0 Å². The average Bonchev–Trinajstić information content (AvgIpc) is 1.87. The van der Waals surface area contributed by atoms with Gasteiger partial charge < -0.3 is 15.5 Å². The highest BCUT2D eigenvalue weighted by molar-refractivity contribution is 6.31. The first-order valence-corrected chi connectivity index (χ1v) is 2.71. The Balaban J connectivity index is 3.95. The number of carbonyl (C=O) groups is 3. The van der Waals surface area contributed by atoms with Crippen LogP contribution in [0.2, 0.25) is 0 Å². The van der Waals surface area contributed by atoms with Crippen molar-refractivity contribution in [1.29, 1.82) is 0 Å². The van der Waals surface area contributed by atoms with Crippen molar-refractivity contribution >= 4 is 17.8 Å². The highest BCUT2D eigenvalue weighted by atomic mass is 16.4. The lowest BCUT2D eigenvalue weighted by Crippen LogP contribution is -2.41. The summed E-state index contributed by atoms with van der Waals surface area (Å²) in [5.41, 5.74) is 0. The van der Waals surface area contributed by atoms with Crippen molar-refractivity contribution in [3.05, 3.63) is 0 Å². The monoisotopic (exact) mass is 161 g/mol. The Kier molecular flexibility index (Phi) is 3.03. The van der Waals surface area contributed by atoms with Crippen LogP contribution in [0.15, 0.2) is 0 Å². The molecule has 3 N–H and O–H groups in total. The molecule has 0 bridgehead atoms. The van der Waals surface area contributed by atoms with Gasteiger partial charge in [0, 0.05) is 0 Å². The molecule has 1 atom stereocenters. The molecule has 6 heteroatoms. The maximum Gasteiger partial charge on any atom is 0.394 e. The molecule has 6 nitrogen and oxygen atoms in total. The number of hydrogen-bond acceptors (Lipinski definition) is 3.